The maximum absolute atomic E-state index is 12.9. The third kappa shape index (κ3) is 1.03. The van der Waals surface area contributed by atoms with Gasteiger partial charge in [0, 0.05) is 17.2 Å². The molecular formula is C17H14O3. The van der Waals surface area contributed by atoms with Crippen LogP contribution in [0, 0.1) is 17.8 Å². The van der Waals surface area contributed by atoms with Crippen molar-refractivity contribution in [2.75, 3.05) is 7.11 Å². The van der Waals surface area contributed by atoms with Gasteiger partial charge in [-0.1, -0.05) is 12.2 Å². The molecule has 0 radical (unpaired) electrons. The Hall–Kier alpha value is -2.03. The lowest BCUT2D eigenvalue weighted by Gasteiger charge is -2.19. The molecule has 3 aliphatic rings. The summed E-state index contributed by atoms with van der Waals surface area (Å²) in [5.74, 6) is 2.28. The molecule has 100 valence electrons. The highest BCUT2D eigenvalue weighted by molar-refractivity contribution is 6.10. The lowest BCUT2D eigenvalue weighted by Crippen LogP contribution is -2.18. The summed E-state index contributed by atoms with van der Waals surface area (Å²) in [7, 11) is 1.62. The highest BCUT2D eigenvalue weighted by atomic mass is 16.5. The van der Waals surface area contributed by atoms with Gasteiger partial charge in [-0.15, -0.1) is 0 Å². The fourth-order valence-electron chi connectivity index (χ4n) is 4.58. The number of methoxy groups -OCH3 is 1. The van der Waals surface area contributed by atoms with Crippen molar-refractivity contribution in [1.29, 1.82) is 0 Å². The lowest BCUT2D eigenvalue weighted by molar-refractivity contribution is 0.0908. The van der Waals surface area contributed by atoms with Gasteiger partial charge in [0.25, 0.3) is 0 Å². The SMILES string of the molecule is COc1c2c(cc3ccoc13)C1C3C=CC(C3)C1C2=O. The minimum Gasteiger partial charge on any atom is -0.492 e. The number of carbonyl (C=O) groups is 1. The smallest absolute Gasteiger partial charge is 0.176 e. The largest absolute Gasteiger partial charge is 0.492 e. The van der Waals surface area contributed by atoms with Gasteiger partial charge < -0.3 is 9.15 Å². The van der Waals surface area contributed by atoms with Gasteiger partial charge >= 0.3 is 0 Å². The molecule has 4 unspecified atom stereocenters. The van der Waals surface area contributed by atoms with E-state index in [0.717, 1.165) is 17.4 Å². The molecular weight excluding hydrogens is 252 g/mol. The minimum atomic E-state index is 0.125. The van der Waals surface area contributed by atoms with Crippen LogP contribution in [0.1, 0.15) is 28.3 Å². The summed E-state index contributed by atoms with van der Waals surface area (Å²) in [6, 6.07) is 4.08. The monoisotopic (exact) mass is 266 g/mol. The molecule has 0 N–H and O–H groups in total. The summed E-state index contributed by atoms with van der Waals surface area (Å²) < 4.78 is 11.0. The lowest BCUT2D eigenvalue weighted by atomic mass is 9.83. The molecule has 3 heteroatoms. The number of fused-ring (bicyclic) bond motifs is 8. The number of benzene rings is 1. The minimum absolute atomic E-state index is 0.125. The van der Waals surface area contributed by atoms with Gasteiger partial charge in [-0.2, -0.15) is 0 Å². The number of hydrogen-bond acceptors (Lipinski definition) is 3. The number of hydrogen-bond donors (Lipinski definition) is 0. The molecule has 1 heterocycles. The van der Waals surface area contributed by atoms with Crippen LogP contribution in [0.5, 0.6) is 5.75 Å². The normalized spacial score (nSPS) is 33.0. The molecule has 2 aromatic rings. The molecule has 0 amide bonds. The second-order valence-corrected chi connectivity index (χ2v) is 6.08. The molecule has 5 rings (SSSR count). The van der Waals surface area contributed by atoms with Crippen LogP contribution in [-0.2, 0) is 0 Å². The first-order valence-electron chi connectivity index (χ1n) is 7.10. The summed E-state index contributed by atoms with van der Waals surface area (Å²) in [5, 5.41) is 1.03. The topological polar surface area (TPSA) is 39.4 Å². The van der Waals surface area contributed by atoms with Crippen molar-refractivity contribution in [3.8, 4) is 5.75 Å². The maximum atomic E-state index is 12.9. The summed E-state index contributed by atoms with van der Waals surface area (Å²) >= 11 is 0. The molecule has 1 fully saturated rings. The van der Waals surface area contributed by atoms with Gasteiger partial charge in [-0.3, -0.25) is 4.79 Å². The van der Waals surface area contributed by atoms with Crippen molar-refractivity contribution < 1.29 is 13.9 Å². The summed E-state index contributed by atoms with van der Waals surface area (Å²) in [6.45, 7) is 0. The first kappa shape index (κ1) is 10.7. The second kappa shape index (κ2) is 3.35. The van der Waals surface area contributed by atoms with Crippen LogP contribution >= 0.6 is 0 Å². The van der Waals surface area contributed by atoms with E-state index in [4.69, 9.17) is 9.15 Å². The van der Waals surface area contributed by atoms with E-state index in [-0.39, 0.29) is 11.7 Å². The highest BCUT2D eigenvalue weighted by Gasteiger charge is 2.55. The van der Waals surface area contributed by atoms with E-state index < -0.39 is 0 Å². The molecule has 20 heavy (non-hydrogen) atoms. The Balaban J connectivity index is 1.85. The average molecular weight is 266 g/mol. The Morgan fingerprint density at radius 3 is 2.85 bits per heavy atom. The van der Waals surface area contributed by atoms with E-state index in [0.29, 0.717) is 29.1 Å². The van der Waals surface area contributed by atoms with Crippen LogP contribution < -0.4 is 4.74 Å². The highest BCUT2D eigenvalue weighted by Crippen LogP contribution is 2.60. The van der Waals surface area contributed by atoms with Crippen LogP contribution in [0.3, 0.4) is 0 Å². The molecule has 3 aliphatic carbocycles. The van der Waals surface area contributed by atoms with E-state index in [2.05, 4.69) is 18.2 Å². The Labute approximate surface area is 116 Å². The molecule has 1 saturated carbocycles. The fourth-order valence-corrected chi connectivity index (χ4v) is 4.58. The van der Waals surface area contributed by atoms with Gasteiger partial charge in [0.05, 0.1) is 18.9 Å². The van der Waals surface area contributed by atoms with Gasteiger partial charge in [-0.25, -0.2) is 0 Å². The fraction of sp³-hybridized carbons (Fsp3) is 0.353. The Morgan fingerprint density at radius 2 is 2.05 bits per heavy atom. The quantitative estimate of drug-likeness (QED) is 0.741. The predicted molar refractivity (Wildman–Crippen MR) is 74.1 cm³/mol. The summed E-state index contributed by atoms with van der Waals surface area (Å²) in [6.07, 6.45) is 7.31. The summed E-state index contributed by atoms with van der Waals surface area (Å²) in [5.41, 5.74) is 2.63. The Bertz CT molecular complexity index is 783. The number of ether oxygens (including phenoxy) is 1. The molecule has 1 aromatic heterocycles. The zero-order valence-corrected chi connectivity index (χ0v) is 11.1. The van der Waals surface area contributed by atoms with Crippen molar-refractivity contribution in [2.45, 2.75) is 12.3 Å². The average Bonchev–Trinajstić information content (AvgIpc) is 3.19. The predicted octanol–water partition coefficient (Wildman–Crippen LogP) is 3.54. The van der Waals surface area contributed by atoms with E-state index in [1.807, 2.05) is 6.07 Å². The third-order valence-electron chi connectivity index (χ3n) is 5.30. The second-order valence-electron chi connectivity index (χ2n) is 6.08. The molecule has 3 nitrogen and oxygen atoms in total. The van der Waals surface area contributed by atoms with Gasteiger partial charge in [0.2, 0.25) is 0 Å². The molecule has 4 atom stereocenters. The third-order valence-corrected chi connectivity index (χ3v) is 5.30. The molecule has 1 aromatic carbocycles. The maximum Gasteiger partial charge on any atom is 0.176 e. The van der Waals surface area contributed by atoms with E-state index >= 15 is 0 Å². The zero-order chi connectivity index (χ0) is 13.4. The van der Waals surface area contributed by atoms with Crippen LogP contribution in [0.4, 0.5) is 0 Å². The van der Waals surface area contributed by atoms with Crippen molar-refractivity contribution in [2.24, 2.45) is 17.8 Å². The van der Waals surface area contributed by atoms with Crippen molar-refractivity contribution >= 4 is 16.8 Å². The van der Waals surface area contributed by atoms with Gasteiger partial charge in [-0.05, 0) is 36.0 Å². The van der Waals surface area contributed by atoms with Crippen molar-refractivity contribution in [3.63, 3.8) is 0 Å². The van der Waals surface area contributed by atoms with Crippen LogP contribution in [0.15, 0.2) is 35.0 Å². The number of rotatable bonds is 1. The summed E-state index contributed by atoms with van der Waals surface area (Å²) in [4.78, 5) is 12.9. The van der Waals surface area contributed by atoms with Crippen LogP contribution in [-0.4, -0.2) is 12.9 Å². The molecule has 0 aliphatic heterocycles. The van der Waals surface area contributed by atoms with Crippen LogP contribution in [0.2, 0.25) is 0 Å². The van der Waals surface area contributed by atoms with Crippen molar-refractivity contribution in [3.05, 3.63) is 41.7 Å². The molecule has 0 saturated heterocycles. The first-order chi connectivity index (χ1) is 9.79. The number of carbonyl (C=O) groups excluding carboxylic acids is 1. The van der Waals surface area contributed by atoms with Gasteiger partial charge in [0.1, 0.15) is 0 Å². The zero-order valence-electron chi connectivity index (χ0n) is 11.1. The Kier molecular flexibility index (Phi) is 1.79. The molecule has 2 bridgehead atoms. The van der Waals surface area contributed by atoms with E-state index in [9.17, 15) is 4.79 Å². The number of ketones is 1. The van der Waals surface area contributed by atoms with Crippen molar-refractivity contribution in [1.82, 2.24) is 0 Å². The number of Topliss-reactive ketones (excluding diaryl/α,β-unsaturated/α-hetero) is 1. The number of allylic oxidation sites excluding steroid dienone is 2. The molecule has 0 spiro atoms. The van der Waals surface area contributed by atoms with E-state index in [1.165, 1.54) is 5.56 Å². The Morgan fingerprint density at radius 1 is 1.25 bits per heavy atom. The van der Waals surface area contributed by atoms with Gasteiger partial charge in [0.15, 0.2) is 17.1 Å². The van der Waals surface area contributed by atoms with Crippen LogP contribution in [0.25, 0.3) is 11.0 Å². The standard InChI is InChI=1S/C17H14O3/c1-19-17-14-11(7-10-4-5-20-16(10)17)12-8-2-3-9(6-8)13(12)15(14)18/h2-5,7-9,12-13H,6H2,1H3. The first-order valence-corrected chi connectivity index (χ1v) is 7.10. The van der Waals surface area contributed by atoms with E-state index in [1.54, 1.807) is 13.4 Å². The number of furan rings is 1.